The van der Waals surface area contributed by atoms with Gasteiger partial charge in [0.25, 0.3) is 0 Å². The van der Waals surface area contributed by atoms with Crippen LogP contribution < -0.4 is 11.4 Å². The van der Waals surface area contributed by atoms with Crippen LogP contribution in [-0.4, -0.2) is 14.5 Å². The first kappa shape index (κ1) is 9.85. The topological polar surface area (TPSA) is 60.9 Å². The lowest BCUT2D eigenvalue weighted by molar-refractivity contribution is 0.569. The molecule has 0 fully saturated rings. The van der Waals surface area contributed by atoms with Gasteiger partial charge in [0.2, 0.25) is 0 Å². The first-order valence-corrected chi connectivity index (χ1v) is 4.33. The Morgan fingerprint density at radius 1 is 1.85 bits per heavy atom. The molecule has 5 heteroatoms. The van der Waals surface area contributed by atoms with Crippen molar-refractivity contribution in [3.63, 3.8) is 0 Å². The monoisotopic (exact) mass is 197 g/mol. The van der Waals surface area contributed by atoms with Crippen molar-refractivity contribution >= 4 is 17.2 Å². The molecule has 1 atom stereocenters. The van der Waals surface area contributed by atoms with Crippen molar-refractivity contribution < 1.29 is 0 Å². The first-order valence-electron chi connectivity index (χ1n) is 3.92. The predicted molar refractivity (Wildman–Crippen MR) is 54.4 cm³/mol. The van der Waals surface area contributed by atoms with Gasteiger partial charge in [-0.15, -0.1) is 0 Å². The Balaban J connectivity index is 2.81. The lowest BCUT2D eigenvalue weighted by Crippen LogP contribution is -2.29. The molecule has 0 saturated carbocycles. The molecule has 2 N–H and O–H groups in total. The van der Waals surface area contributed by atoms with Crippen LogP contribution in [0.25, 0.3) is 0 Å². The number of aromatic nitrogens is 2. The second-order valence-corrected chi connectivity index (χ2v) is 3.33. The van der Waals surface area contributed by atoms with Crippen molar-refractivity contribution in [2.24, 2.45) is 11.7 Å². The van der Waals surface area contributed by atoms with E-state index in [0.717, 1.165) is 0 Å². The maximum atomic E-state index is 11.1. The minimum Gasteiger partial charge on any atom is -0.393 e. The van der Waals surface area contributed by atoms with Crippen molar-refractivity contribution in [1.82, 2.24) is 9.55 Å². The van der Waals surface area contributed by atoms with E-state index in [2.05, 4.69) is 4.98 Å². The van der Waals surface area contributed by atoms with E-state index in [-0.39, 0.29) is 11.6 Å². The van der Waals surface area contributed by atoms with Gasteiger partial charge in [-0.2, -0.15) is 0 Å². The molecule has 0 radical (unpaired) electrons. The van der Waals surface area contributed by atoms with Crippen LogP contribution in [0.5, 0.6) is 0 Å². The van der Waals surface area contributed by atoms with Crippen molar-refractivity contribution in [1.29, 1.82) is 0 Å². The van der Waals surface area contributed by atoms with Crippen LogP contribution in [0.15, 0.2) is 23.3 Å². The van der Waals surface area contributed by atoms with Gasteiger partial charge in [-0.05, 0) is 6.07 Å². The molecule has 0 aliphatic rings. The average Bonchev–Trinajstić information content (AvgIpc) is 2.08. The van der Waals surface area contributed by atoms with Crippen LogP contribution in [0.2, 0.25) is 0 Å². The summed E-state index contributed by atoms with van der Waals surface area (Å²) in [6.07, 6.45) is 3.13. The molecule has 13 heavy (non-hydrogen) atoms. The van der Waals surface area contributed by atoms with E-state index in [1.807, 2.05) is 6.92 Å². The molecular weight excluding hydrogens is 186 g/mol. The molecule has 0 bridgehead atoms. The predicted octanol–water partition coefficient (Wildman–Crippen LogP) is 0.166. The zero-order valence-electron chi connectivity index (χ0n) is 7.30. The highest BCUT2D eigenvalue weighted by Crippen LogP contribution is 1.97. The number of nitrogens with zero attached hydrogens (tertiary/aromatic N) is 2. The van der Waals surface area contributed by atoms with Crippen molar-refractivity contribution in [3.05, 3.63) is 28.9 Å². The summed E-state index contributed by atoms with van der Waals surface area (Å²) in [5.41, 5.74) is 5.16. The van der Waals surface area contributed by atoms with Crippen LogP contribution in [-0.2, 0) is 6.54 Å². The van der Waals surface area contributed by atoms with E-state index in [1.54, 1.807) is 12.3 Å². The van der Waals surface area contributed by atoms with Gasteiger partial charge in [0.1, 0.15) is 0 Å². The van der Waals surface area contributed by atoms with Crippen LogP contribution in [0.4, 0.5) is 0 Å². The fraction of sp³-hybridized carbons (Fsp3) is 0.375. The summed E-state index contributed by atoms with van der Waals surface area (Å²) in [5, 5.41) is 0. The summed E-state index contributed by atoms with van der Waals surface area (Å²) < 4.78 is 1.49. The summed E-state index contributed by atoms with van der Waals surface area (Å²) in [5.74, 6) is 0.0110. The number of hydrogen-bond acceptors (Lipinski definition) is 3. The highest BCUT2D eigenvalue weighted by Gasteiger charge is 2.06. The molecule has 1 heterocycles. The molecule has 1 aromatic rings. The Morgan fingerprint density at radius 2 is 2.54 bits per heavy atom. The molecule has 70 valence electrons. The normalized spacial score (nSPS) is 12.4. The van der Waals surface area contributed by atoms with E-state index < -0.39 is 0 Å². The Labute approximate surface area is 81.4 Å². The van der Waals surface area contributed by atoms with E-state index in [0.29, 0.717) is 11.5 Å². The highest BCUT2D eigenvalue weighted by atomic mass is 32.1. The SMILES string of the molecule is CC(Cn1cccnc1=O)C(N)=S. The summed E-state index contributed by atoms with van der Waals surface area (Å²) >= 11 is 4.80. The maximum Gasteiger partial charge on any atom is 0.347 e. The van der Waals surface area contributed by atoms with Crippen LogP contribution in [0, 0.1) is 5.92 Å². The van der Waals surface area contributed by atoms with Gasteiger partial charge >= 0.3 is 5.69 Å². The third-order valence-corrected chi connectivity index (χ3v) is 2.14. The first-order chi connectivity index (χ1) is 6.11. The fourth-order valence-corrected chi connectivity index (χ4v) is 0.986. The zero-order chi connectivity index (χ0) is 9.84. The molecule has 0 amide bonds. The van der Waals surface area contributed by atoms with Crippen molar-refractivity contribution in [2.75, 3.05) is 0 Å². The second-order valence-electron chi connectivity index (χ2n) is 2.86. The molecule has 1 rings (SSSR count). The van der Waals surface area contributed by atoms with Crippen molar-refractivity contribution in [2.45, 2.75) is 13.5 Å². The maximum absolute atomic E-state index is 11.1. The minimum absolute atomic E-state index is 0.0110. The minimum atomic E-state index is -0.273. The number of rotatable bonds is 3. The van der Waals surface area contributed by atoms with Gasteiger partial charge in [-0.1, -0.05) is 19.1 Å². The molecule has 4 nitrogen and oxygen atoms in total. The van der Waals surface area contributed by atoms with Gasteiger partial charge in [0.05, 0.1) is 4.99 Å². The molecule has 0 aliphatic carbocycles. The van der Waals surface area contributed by atoms with Gasteiger partial charge in [0.15, 0.2) is 0 Å². The average molecular weight is 197 g/mol. The van der Waals surface area contributed by atoms with E-state index in [1.165, 1.54) is 10.8 Å². The van der Waals surface area contributed by atoms with E-state index in [4.69, 9.17) is 18.0 Å². The van der Waals surface area contributed by atoms with Crippen LogP contribution in [0.1, 0.15) is 6.92 Å². The van der Waals surface area contributed by atoms with E-state index >= 15 is 0 Å². The smallest absolute Gasteiger partial charge is 0.347 e. The number of thiocarbonyl (C=S) groups is 1. The van der Waals surface area contributed by atoms with Crippen molar-refractivity contribution in [3.8, 4) is 0 Å². The third-order valence-electron chi connectivity index (χ3n) is 1.74. The zero-order valence-corrected chi connectivity index (χ0v) is 8.12. The standard InChI is InChI=1S/C8H11N3OS/c1-6(7(9)13)5-11-4-2-3-10-8(11)12/h2-4,6H,5H2,1H3,(H2,9,13). The Bertz CT molecular complexity index is 360. The molecule has 0 spiro atoms. The number of hydrogen-bond donors (Lipinski definition) is 1. The Hall–Kier alpha value is -1.23. The van der Waals surface area contributed by atoms with Gasteiger partial charge < -0.3 is 5.73 Å². The molecule has 1 aromatic heterocycles. The van der Waals surface area contributed by atoms with Crippen LogP contribution in [0.3, 0.4) is 0 Å². The lowest BCUT2D eigenvalue weighted by atomic mass is 10.2. The largest absolute Gasteiger partial charge is 0.393 e. The molecule has 0 aromatic carbocycles. The Morgan fingerprint density at radius 3 is 3.08 bits per heavy atom. The van der Waals surface area contributed by atoms with Gasteiger partial charge in [0, 0.05) is 24.9 Å². The second kappa shape index (κ2) is 4.13. The summed E-state index contributed by atoms with van der Waals surface area (Å²) in [4.78, 5) is 15.2. The number of nitrogens with two attached hydrogens (primary N) is 1. The quantitative estimate of drug-likeness (QED) is 0.701. The van der Waals surface area contributed by atoms with Gasteiger partial charge in [-0.3, -0.25) is 4.57 Å². The third kappa shape index (κ3) is 2.62. The highest BCUT2D eigenvalue weighted by molar-refractivity contribution is 7.80. The van der Waals surface area contributed by atoms with Crippen LogP contribution >= 0.6 is 12.2 Å². The summed E-state index contributed by atoms with van der Waals surface area (Å²) in [7, 11) is 0. The molecule has 0 saturated heterocycles. The molecule has 1 unspecified atom stereocenters. The summed E-state index contributed by atoms with van der Waals surface area (Å²) in [6.45, 7) is 2.36. The lowest BCUT2D eigenvalue weighted by Gasteiger charge is -2.10. The van der Waals surface area contributed by atoms with E-state index in [9.17, 15) is 4.79 Å². The fourth-order valence-electron chi connectivity index (χ4n) is 0.911. The summed E-state index contributed by atoms with van der Waals surface area (Å²) in [6, 6.07) is 1.70. The Kier molecular flexibility index (Phi) is 3.13. The molecule has 0 aliphatic heterocycles. The molecular formula is C8H11N3OS. The van der Waals surface area contributed by atoms with Gasteiger partial charge in [-0.25, -0.2) is 9.78 Å².